The van der Waals surface area contributed by atoms with E-state index in [1.54, 1.807) is 30.3 Å². The number of nitrogens with one attached hydrogen (secondary N) is 2. The van der Waals surface area contributed by atoms with Gasteiger partial charge in [-0.1, -0.05) is 18.2 Å². The third-order valence-electron chi connectivity index (χ3n) is 5.70. The van der Waals surface area contributed by atoms with E-state index in [9.17, 15) is 14.4 Å². The van der Waals surface area contributed by atoms with Gasteiger partial charge in [0.2, 0.25) is 24.5 Å². The highest BCUT2D eigenvalue weighted by molar-refractivity contribution is 5.96. The van der Waals surface area contributed by atoms with Crippen molar-refractivity contribution in [2.75, 3.05) is 25.2 Å². The van der Waals surface area contributed by atoms with Gasteiger partial charge in [-0.05, 0) is 54.7 Å². The van der Waals surface area contributed by atoms with Crippen molar-refractivity contribution in [1.82, 2.24) is 10.2 Å². The van der Waals surface area contributed by atoms with Crippen LogP contribution in [0.4, 0.5) is 5.69 Å². The monoisotopic (exact) mass is 452 g/mol. The third-order valence-corrected chi connectivity index (χ3v) is 5.70. The molecule has 9 nitrogen and oxygen atoms in total. The van der Waals surface area contributed by atoms with E-state index in [1.807, 2.05) is 12.1 Å². The number of amides is 3. The van der Waals surface area contributed by atoms with Crippen LogP contribution in [-0.4, -0.2) is 48.5 Å². The van der Waals surface area contributed by atoms with E-state index in [1.165, 1.54) is 4.90 Å². The summed E-state index contributed by atoms with van der Waals surface area (Å²) in [5.41, 5.74) is 7.97. The number of nitrogens with two attached hydrogens (primary N) is 1. The lowest BCUT2D eigenvalue weighted by Gasteiger charge is -2.24. The zero-order valence-corrected chi connectivity index (χ0v) is 18.3. The second-order valence-electron chi connectivity index (χ2n) is 8.19. The minimum absolute atomic E-state index is 0.0692. The lowest BCUT2D eigenvalue weighted by molar-refractivity contribution is -0.138. The topological polar surface area (TPSA) is 123 Å². The molecule has 0 bridgehead atoms. The molecule has 2 aliphatic rings. The lowest BCUT2D eigenvalue weighted by atomic mass is 10.1. The maximum absolute atomic E-state index is 13.1. The van der Waals surface area contributed by atoms with Gasteiger partial charge < -0.3 is 30.7 Å². The third kappa shape index (κ3) is 5.81. The number of ether oxygens (including phenoxy) is 2. The molecule has 2 heterocycles. The average molecular weight is 453 g/mol. The Morgan fingerprint density at radius 1 is 1.03 bits per heavy atom. The molecule has 2 aromatic carbocycles. The summed E-state index contributed by atoms with van der Waals surface area (Å²) in [6.45, 7) is 0.954. The number of likely N-dealkylation sites (tertiary alicyclic amines) is 1. The second kappa shape index (κ2) is 10.4. The Balaban J connectivity index is 1.33. The predicted octanol–water partition coefficient (Wildman–Crippen LogP) is 1.55. The van der Waals surface area contributed by atoms with Gasteiger partial charge in [-0.3, -0.25) is 14.4 Å². The normalized spacial score (nSPS) is 17.4. The number of carbonyl (C=O) groups is 3. The molecule has 1 atom stereocenters. The number of hydrogen-bond acceptors (Lipinski definition) is 6. The number of benzene rings is 2. The summed E-state index contributed by atoms with van der Waals surface area (Å²) >= 11 is 0. The minimum atomic E-state index is -0.651. The summed E-state index contributed by atoms with van der Waals surface area (Å²) < 4.78 is 10.6. The van der Waals surface area contributed by atoms with Crippen molar-refractivity contribution in [3.63, 3.8) is 0 Å². The van der Waals surface area contributed by atoms with Gasteiger partial charge in [0.15, 0.2) is 11.5 Å². The largest absolute Gasteiger partial charge is 0.454 e. The summed E-state index contributed by atoms with van der Waals surface area (Å²) in [6.07, 6.45) is 2.23. The number of rotatable bonds is 7. The van der Waals surface area contributed by atoms with Gasteiger partial charge in [-0.15, -0.1) is 0 Å². The van der Waals surface area contributed by atoms with Crippen LogP contribution in [0, 0.1) is 0 Å². The highest BCUT2D eigenvalue weighted by Crippen LogP contribution is 2.32. The van der Waals surface area contributed by atoms with E-state index in [-0.39, 0.29) is 37.5 Å². The van der Waals surface area contributed by atoms with Gasteiger partial charge in [0, 0.05) is 18.8 Å². The molecular weight excluding hydrogens is 424 g/mol. The molecule has 3 amide bonds. The molecule has 0 saturated carbocycles. The van der Waals surface area contributed by atoms with Crippen molar-refractivity contribution >= 4 is 23.4 Å². The quantitative estimate of drug-likeness (QED) is 0.586. The summed E-state index contributed by atoms with van der Waals surface area (Å²) in [6, 6.07) is 12.0. The molecule has 0 aliphatic carbocycles. The van der Waals surface area contributed by atoms with Crippen LogP contribution in [0.3, 0.4) is 0 Å². The highest BCUT2D eigenvalue weighted by atomic mass is 16.7. The predicted molar refractivity (Wildman–Crippen MR) is 122 cm³/mol. The Morgan fingerprint density at radius 3 is 2.73 bits per heavy atom. The molecule has 2 aliphatic heterocycles. The summed E-state index contributed by atoms with van der Waals surface area (Å²) in [5, 5.41) is 5.66. The first-order chi connectivity index (χ1) is 16.0. The first-order valence-electron chi connectivity index (χ1n) is 11.1. The van der Waals surface area contributed by atoms with Crippen molar-refractivity contribution in [3.05, 3.63) is 53.6 Å². The Morgan fingerprint density at radius 2 is 1.88 bits per heavy atom. The fourth-order valence-electron chi connectivity index (χ4n) is 4.03. The van der Waals surface area contributed by atoms with Crippen LogP contribution in [0.5, 0.6) is 11.5 Å². The van der Waals surface area contributed by atoms with Gasteiger partial charge in [-0.2, -0.15) is 0 Å². The summed E-state index contributed by atoms with van der Waals surface area (Å²) in [7, 11) is 0. The first kappa shape index (κ1) is 22.6. The van der Waals surface area contributed by atoms with Crippen LogP contribution in [0.15, 0.2) is 42.5 Å². The van der Waals surface area contributed by atoms with Crippen LogP contribution in [-0.2, 0) is 27.3 Å². The van der Waals surface area contributed by atoms with Crippen molar-refractivity contribution in [2.24, 2.45) is 5.73 Å². The van der Waals surface area contributed by atoms with E-state index >= 15 is 0 Å². The number of fused-ring (bicyclic) bond motifs is 1. The maximum atomic E-state index is 13.1. The first-order valence-corrected chi connectivity index (χ1v) is 11.1. The summed E-state index contributed by atoms with van der Waals surface area (Å²) in [4.78, 5) is 39.7. The second-order valence-corrected chi connectivity index (χ2v) is 8.19. The Labute approximate surface area is 192 Å². The molecule has 9 heteroatoms. The van der Waals surface area contributed by atoms with Gasteiger partial charge in [-0.25, -0.2) is 0 Å². The molecule has 1 fully saturated rings. The minimum Gasteiger partial charge on any atom is -0.454 e. The SMILES string of the molecule is NCc1cccc(NC(=O)CN2CCCCC(NC(=O)Cc3ccc4c(c3)OCO4)C2=O)c1. The fraction of sp³-hybridized carbons (Fsp3) is 0.375. The van der Waals surface area contributed by atoms with Gasteiger partial charge in [0.1, 0.15) is 6.04 Å². The lowest BCUT2D eigenvalue weighted by Crippen LogP contribution is -2.49. The molecule has 33 heavy (non-hydrogen) atoms. The van der Waals surface area contributed by atoms with E-state index in [4.69, 9.17) is 15.2 Å². The molecular formula is C24H28N4O5. The zero-order valence-electron chi connectivity index (χ0n) is 18.3. The fourth-order valence-corrected chi connectivity index (χ4v) is 4.03. The molecule has 0 radical (unpaired) electrons. The van der Waals surface area contributed by atoms with Crippen molar-refractivity contribution in [1.29, 1.82) is 0 Å². The van der Waals surface area contributed by atoms with Gasteiger partial charge >= 0.3 is 0 Å². The van der Waals surface area contributed by atoms with Crippen LogP contribution >= 0.6 is 0 Å². The molecule has 4 rings (SSSR count). The Hall–Kier alpha value is -3.59. The smallest absolute Gasteiger partial charge is 0.245 e. The van der Waals surface area contributed by atoms with Gasteiger partial charge in [0.05, 0.1) is 13.0 Å². The molecule has 1 unspecified atom stereocenters. The van der Waals surface area contributed by atoms with Crippen LogP contribution < -0.4 is 25.8 Å². The van der Waals surface area contributed by atoms with Crippen molar-refractivity contribution < 1.29 is 23.9 Å². The summed E-state index contributed by atoms with van der Waals surface area (Å²) in [5.74, 6) is 0.487. The molecule has 2 aromatic rings. The maximum Gasteiger partial charge on any atom is 0.245 e. The van der Waals surface area contributed by atoms with Crippen LogP contribution in [0.25, 0.3) is 0 Å². The Kier molecular flexibility index (Phi) is 7.09. The van der Waals surface area contributed by atoms with Crippen molar-refractivity contribution in [2.45, 2.75) is 38.3 Å². The molecule has 0 aromatic heterocycles. The number of carbonyl (C=O) groups excluding carboxylic acids is 3. The van der Waals surface area contributed by atoms with E-state index in [2.05, 4.69) is 10.6 Å². The molecule has 1 saturated heterocycles. The highest BCUT2D eigenvalue weighted by Gasteiger charge is 2.29. The van der Waals surface area contributed by atoms with E-state index in [0.29, 0.717) is 36.7 Å². The molecule has 174 valence electrons. The zero-order chi connectivity index (χ0) is 23.2. The van der Waals surface area contributed by atoms with Crippen molar-refractivity contribution in [3.8, 4) is 11.5 Å². The Bertz CT molecular complexity index is 1040. The number of anilines is 1. The van der Waals surface area contributed by atoms with Gasteiger partial charge in [0.25, 0.3) is 0 Å². The number of nitrogens with zero attached hydrogens (tertiary/aromatic N) is 1. The van der Waals surface area contributed by atoms with E-state index < -0.39 is 6.04 Å². The van der Waals surface area contributed by atoms with Crippen LogP contribution in [0.1, 0.15) is 30.4 Å². The molecule has 0 spiro atoms. The number of hydrogen-bond donors (Lipinski definition) is 3. The van der Waals surface area contributed by atoms with E-state index in [0.717, 1.165) is 24.0 Å². The average Bonchev–Trinajstić information content (AvgIpc) is 3.21. The standard InChI is InChI=1S/C24H28N4O5/c25-13-17-4-3-5-18(10-17)26-23(30)14-28-9-2-1-6-19(24(28)31)27-22(29)12-16-7-8-20-21(11-16)33-15-32-20/h3-5,7-8,10-11,19H,1-2,6,9,12-15,25H2,(H,26,30)(H,27,29). The van der Waals surface area contributed by atoms with Crippen LogP contribution in [0.2, 0.25) is 0 Å². The molecule has 4 N–H and O–H groups in total.